The van der Waals surface area contributed by atoms with Crippen LogP contribution in [0.2, 0.25) is 0 Å². The number of aromatic nitrogens is 1. The molecule has 0 amide bonds. The van der Waals surface area contributed by atoms with Gasteiger partial charge >= 0.3 is 6.18 Å². The van der Waals surface area contributed by atoms with E-state index in [0.717, 1.165) is 18.2 Å². The van der Waals surface area contributed by atoms with Gasteiger partial charge < -0.3 is 25.8 Å². The van der Waals surface area contributed by atoms with Gasteiger partial charge in [-0.15, -0.1) is 0 Å². The SMILES string of the molecule is NC[C@](O)(c1cc2c(c(-c3ccc(F)cc3)n1)OCC2(CO)CO)C(F)(F)F. The molecule has 10 heteroatoms. The van der Waals surface area contributed by atoms with Crippen molar-refractivity contribution >= 4 is 0 Å². The Labute approximate surface area is 157 Å². The van der Waals surface area contributed by atoms with Crippen LogP contribution in [-0.4, -0.2) is 52.8 Å². The lowest BCUT2D eigenvalue weighted by atomic mass is 9.82. The van der Waals surface area contributed by atoms with Crippen LogP contribution in [0.1, 0.15) is 11.3 Å². The number of rotatable bonds is 5. The lowest BCUT2D eigenvalue weighted by Gasteiger charge is -2.30. The Morgan fingerprint density at radius 1 is 1.14 bits per heavy atom. The maximum Gasteiger partial charge on any atom is 0.424 e. The number of nitrogens with two attached hydrogens (primary N) is 1. The van der Waals surface area contributed by atoms with E-state index in [9.17, 15) is 32.9 Å². The van der Waals surface area contributed by atoms with Gasteiger partial charge in [0.05, 0.1) is 24.3 Å². The van der Waals surface area contributed by atoms with Crippen molar-refractivity contribution < 1.29 is 37.6 Å². The van der Waals surface area contributed by atoms with Crippen LogP contribution in [-0.2, 0) is 11.0 Å². The quantitative estimate of drug-likeness (QED) is 0.560. The summed E-state index contributed by atoms with van der Waals surface area (Å²) in [6, 6.07) is 5.70. The van der Waals surface area contributed by atoms with E-state index in [4.69, 9.17) is 10.5 Å². The molecule has 6 nitrogen and oxygen atoms in total. The molecule has 1 atom stereocenters. The second-order valence-electron chi connectivity index (χ2n) is 6.69. The summed E-state index contributed by atoms with van der Waals surface area (Å²) in [7, 11) is 0. The van der Waals surface area contributed by atoms with Crippen LogP contribution in [0.4, 0.5) is 17.6 Å². The molecule has 0 fully saturated rings. The molecule has 1 aliphatic heterocycles. The molecule has 2 heterocycles. The first-order valence-electron chi connectivity index (χ1n) is 8.27. The number of aliphatic hydroxyl groups is 3. The van der Waals surface area contributed by atoms with E-state index in [2.05, 4.69) is 4.98 Å². The summed E-state index contributed by atoms with van der Waals surface area (Å²) in [5.74, 6) is -0.522. The number of nitrogens with zero attached hydrogens (tertiary/aromatic N) is 1. The summed E-state index contributed by atoms with van der Waals surface area (Å²) >= 11 is 0. The van der Waals surface area contributed by atoms with Gasteiger partial charge in [-0.25, -0.2) is 9.37 Å². The number of ether oxygens (including phenoxy) is 1. The van der Waals surface area contributed by atoms with Crippen molar-refractivity contribution in [2.45, 2.75) is 17.2 Å². The highest BCUT2D eigenvalue weighted by Crippen LogP contribution is 2.47. The predicted octanol–water partition coefficient (Wildman–Crippen LogP) is 1.21. The van der Waals surface area contributed by atoms with Gasteiger partial charge in [0.1, 0.15) is 23.9 Å². The van der Waals surface area contributed by atoms with Crippen LogP contribution >= 0.6 is 0 Å². The van der Waals surface area contributed by atoms with Crippen molar-refractivity contribution in [2.24, 2.45) is 5.73 Å². The average molecular weight is 402 g/mol. The Bertz CT molecular complexity index is 869. The molecule has 0 aliphatic carbocycles. The zero-order valence-corrected chi connectivity index (χ0v) is 14.5. The molecule has 5 N–H and O–H groups in total. The molecule has 1 aromatic carbocycles. The van der Waals surface area contributed by atoms with Gasteiger partial charge in [0.25, 0.3) is 0 Å². The van der Waals surface area contributed by atoms with E-state index in [1.165, 1.54) is 12.1 Å². The zero-order chi connectivity index (χ0) is 20.7. The summed E-state index contributed by atoms with van der Waals surface area (Å²) in [6.45, 7) is -2.63. The minimum absolute atomic E-state index is 0.0417. The third kappa shape index (κ3) is 3.02. The van der Waals surface area contributed by atoms with Crippen LogP contribution in [0.15, 0.2) is 30.3 Å². The van der Waals surface area contributed by atoms with E-state index in [1.807, 2.05) is 0 Å². The third-order valence-corrected chi connectivity index (χ3v) is 4.95. The van der Waals surface area contributed by atoms with Crippen molar-refractivity contribution in [3.8, 4) is 17.0 Å². The molecular formula is C18H18F4N2O4. The van der Waals surface area contributed by atoms with Gasteiger partial charge in [-0.1, -0.05) is 0 Å². The molecular weight excluding hydrogens is 384 g/mol. The lowest BCUT2D eigenvalue weighted by molar-refractivity contribution is -0.263. The number of benzene rings is 1. The first-order valence-corrected chi connectivity index (χ1v) is 8.27. The molecule has 0 saturated heterocycles. The molecule has 0 bridgehead atoms. The smallest absolute Gasteiger partial charge is 0.424 e. The molecule has 0 saturated carbocycles. The maximum atomic E-state index is 13.5. The molecule has 2 aromatic rings. The van der Waals surface area contributed by atoms with E-state index in [1.54, 1.807) is 0 Å². The fourth-order valence-corrected chi connectivity index (χ4v) is 3.05. The maximum absolute atomic E-state index is 13.5. The van der Waals surface area contributed by atoms with Crippen molar-refractivity contribution in [1.82, 2.24) is 4.98 Å². The highest BCUT2D eigenvalue weighted by Gasteiger charge is 2.56. The fraction of sp³-hybridized carbons (Fsp3) is 0.389. The predicted molar refractivity (Wildman–Crippen MR) is 90.0 cm³/mol. The van der Waals surface area contributed by atoms with Crippen molar-refractivity contribution in [1.29, 1.82) is 0 Å². The molecule has 1 aliphatic rings. The second-order valence-corrected chi connectivity index (χ2v) is 6.69. The molecule has 28 heavy (non-hydrogen) atoms. The van der Waals surface area contributed by atoms with Crippen molar-refractivity contribution in [3.05, 3.63) is 47.4 Å². The lowest BCUT2D eigenvalue weighted by Crippen LogP contribution is -2.49. The van der Waals surface area contributed by atoms with Gasteiger partial charge in [0.2, 0.25) is 5.60 Å². The second kappa shape index (κ2) is 6.96. The molecule has 0 unspecified atom stereocenters. The highest BCUT2D eigenvalue weighted by molar-refractivity contribution is 5.71. The number of halogens is 4. The minimum atomic E-state index is -5.14. The molecule has 0 spiro atoms. The van der Waals surface area contributed by atoms with E-state index in [-0.39, 0.29) is 29.2 Å². The first-order chi connectivity index (χ1) is 13.1. The number of fused-ring (bicyclic) bond motifs is 1. The van der Waals surface area contributed by atoms with E-state index < -0.39 is 48.5 Å². The molecule has 1 aromatic heterocycles. The van der Waals surface area contributed by atoms with Crippen molar-refractivity contribution in [2.75, 3.05) is 26.4 Å². The Kier molecular flexibility index (Phi) is 5.09. The summed E-state index contributed by atoms with van der Waals surface area (Å²) in [4.78, 5) is 3.93. The zero-order valence-electron chi connectivity index (χ0n) is 14.5. The van der Waals surface area contributed by atoms with Crippen LogP contribution < -0.4 is 10.5 Å². The van der Waals surface area contributed by atoms with Gasteiger partial charge in [0.15, 0.2) is 0 Å². The standard InChI is InChI=1S/C18H18F4N2O4/c19-11-3-1-10(2-4-11)14-15-12(16(7-25,8-26)9-28-15)5-13(24-14)17(27,6-23)18(20,21)22/h1-5,25-27H,6-9,23H2/t17-/m0/s1. The monoisotopic (exact) mass is 402 g/mol. The van der Waals surface area contributed by atoms with Gasteiger partial charge in [0, 0.05) is 17.7 Å². The summed E-state index contributed by atoms with van der Waals surface area (Å²) in [5, 5.41) is 29.8. The van der Waals surface area contributed by atoms with Gasteiger partial charge in [-0.2, -0.15) is 13.2 Å². The van der Waals surface area contributed by atoms with E-state index in [0.29, 0.717) is 0 Å². The van der Waals surface area contributed by atoms with Crippen LogP contribution in [0.3, 0.4) is 0 Å². The highest BCUT2D eigenvalue weighted by atomic mass is 19.4. The average Bonchev–Trinajstić information content (AvgIpc) is 3.05. The van der Waals surface area contributed by atoms with Gasteiger partial charge in [-0.3, -0.25) is 0 Å². The Balaban J connectivity index is 2.32. The third-order valence-electron chi connectivity index (χ3n) is 4.95. The number of hydrogen-bond donors (Lipinski definition) is 4. The first kappa shape index (κ1) is 20.5. The summed E-state index contributed by atoms with van der Waals surface area (Å²) in [6.07, 6.45) is -5.14. The summed E-state index contributed by atoms with van der Waals surface area (Å²) < 4.78 is 59.4. The Morgan fingerprint density at radius 3 is 2.25 bits per heavy atom. The minimum Gasteiger partial charge on any atom is -0.490 e. The van der Waals surface area contributed by atoms with Crippen LogP contribution in [0, 0.1) is 5.82 Å². The Morgan fingerprint density at radius 2 is 1.75 bits per heavy atom. The van der Waals surface area contributed by atoms with Crippen molar-refractivity contribution in [3.63, 3.8) is 0 Å². The van der Waals surface area contributed by atoms with Crippen LogP contribution in [0.5, 0.6) is 5.75 Å². The molecule has 0 radical (unpaired) electrons. The molecule has 152 valence electrons. The number of pyridine rings is 1. The topological polar surface area (TPSA) is 109 Å². The van der Waals surface area contributed by atoms with Crippen LogP contribution in [0.25, 0.3) is 11.3 Å². The fourth-order valence-electron chi connectivity index (χ4n) is 3.05. The summed E-state index contributed by atoms with van der Waals surface area (Å²) in [5.41, 5.74) is -0.242. The normalized spacial score (nSPS) is 17.7. The van der Waals surface area contributed by atoms with Gasteiger partial charge in [-0.05, 0) is 30.3 Å². The number of hydrogen-bond acceptors (Lipinski definition) is 6. The largest absolute Gasteiger partial charge is 0.490 e. The Hall–Kier alpha value is -2.27. The number of alkyl halides is 3. The molecule has 3 rings (SSSR count). The van der Waals surface area contributed by atoms with E-state index >= 15 is 0 Å². The number of aliphatic hydroxyl groups excluding tert-OH is 2.